The van der Waals surface area contributed by atoms with E-state index in [1.54, 1.807) is 24.3 Å². The fourth-order valence-corrected chi connectivity index (χ4v) is 16.9. The van der Waals surface area contributed by atoms with Crippen LogP contribution in [-0.2, 0) is 0 Å². The molecular weight excluding hydrogens is 332 g/mol. The van der Waals surface area contributed by atoms with Crippen molar-refractivity contribution in [2.24, 2.45) is 0 Å². The highest BCUT2D eigenvalue weighted by Gasteiger charge is 2.27. The van der Waals surface area contributed by atoms with Crippen molar-refractivity contribution in [3.8, 4) is 5.75 Å². The third-order valence-corrected chi connectivity index (χ3v) is 13.9. The Morgan fingerprint density at radius 3 is 2.08 bits per heavy atom. The lowest BCUT2D eigenvalue weighted by atomic mass is 10.2. The minimum absolute atomic E-state index is 0.299. The number of ether oxygens (including phenoxy) is 1. The zero-order chi connectivity index (χ0) is 18.2. The van der Waals surface area contributed by atoms with Gasteiger partial charge in [-0.15, -0.1) is 0 Å². The quantitative estimate of drug-likeness (QED) is 0.391. The van der Waals surface area contributed by atoms with Crippen molar-refractivity contribution in [3.63, 3.8) is 0 Å². The maximum atomic E-state index is 10.8. The Kier molecular flexibility index (Phi) is 8.23. The second-order valence-corrected chi connectivity index (χ2v) is 20.1. The van der Waals surface area contributed by atoms with Crippen molar-refractivity contribution >= 4 is 22.1 Å². The standard InChI is InChI=1S/C19H34O3Si2/c1-23(2,3)16-24(4,5)15-9-7-6-8-14-22-18-12-10-17(11-13-18)19(20)21/h10-13H,6-9,14-16H2,1-5H3,(H,20,21). The van der Waals surface area contributed by atoms with Gasteiger partial charge < -0.3 is 9.84 Å². The maximum absolute atomic E-state index is 10.8. The van der Waals surface area contributed by atoms with E-state index in [0.29, 0.717) is 12.2 Å². The van der Waals surface area contributed by atoms with Gasteiger partial charge in [-0.3, -0.25) is 0 Å². The number of carboxylic acids is 1. The largest absolute Gasteiger partial charge is 0.494 e. The van der Waals surface area contributed by atoms with E-state index in [9.17, 15) is 4.79 Å². The van der Waals surface area contributed by atoms with E-state index < -0.39 is 22.1 Å². The zero-order valence-corrected chi connectivity index (χ0v) is 18.0. The highest BCUT2D eigenvalue weighted by molar-refractivity contribution is 6.94. The molecule has 0 atom stereocenters. The first-order chi connectivity index (χ1) is 11.1. The molecule has 1 aromatic rings. The van der Waals surface area contributed by atoms with Gasteiger partial charge in [0.25, 0.3) is 0 Å². The molecule has 0 aliphatic rings. The summed E-state index contributed by atoms with van der Waals surface area (Å²) >= 11 is 0. The van der Waals surface area contributed by atoms with Gasteiger partial charge in [0.05, 0.1) is 12.2 Å². The van der Waals surface area contributed by atoms with Crippen molar-refractivity contribution in [2.75, 3.05) is 6.61 Å². The fourth-order valence-electron chi connectivity index (χ4n) is 3.47. The molecule has 0 aliphatic heterocycles. The van der Waals surface area contributed by atoms with Crippen LogP contribution in [0, 0.1) is 0 Å². The second-order valence-electron chi connectivity index (χ2n) is 8.74. The Morgan fingerprint density at radius 2 is 1.54 bits per heavy atom. The molecule has 0 unspecified atom stereocenters. The lowest BCUT2D eigenvalue weighted by Crippen LogP contribution is -2.37. The molecule has 0 aromatic heterocycles. The lowest BCUT2D eigenvalue weighted by Gasteiger charge is -2.29. The molecule has 0 saturated heterocycles. The van der Waals surface area contributed by atoms with E-state index in [0.717, 1.165) is 12.2 Å². The number of benzene rings is 1. The molecule has 1 rings (SSSR count). The van der Waals surface area contributed by atoms with Crippen molar-refractivity contribution < 1.29 is 14.6 Å². The van der Waals surface area contributed by atoms with Crippen LogP contribution in [-0.4, -0.2) is 33.8 Å². The minimum Gasteiger partial charge on any atom is -0.494 e. The van der Waals surface area contributed by atoms with Crippen molar-refractivity contribution in [1.82, 2.24) is 0 Å². The molecule has 0 amide bonds. The molecule has 0 heterocycles. The molecule has 0 radical (unpaired) electrons. The lowest BCUT2D eigenvalue weighted by molar-refractivity contribution is 0.0697. The van der Waals surface area contributed by atoms with Crippen LogP contribution in [0.2, 0.25) is 44.4 Å². The van der Waals surface area contributed by atoms with Crippen LogP contribution < -0.4 is 4.74 Å². The number of carbonyl (C=O) groups is 1. The summed E-state index contributed by atoms with van der Waals surface area (Å²) in [6.07, 6.45) is 4.93. The fraction of sp³-hybridized carbons (Fsp3) is 0.632. The molecule has 24 heavy (non-hydrogen) atoms. The van der Waals surface area contributed by atoms with Crippen LogP contribution in [0.1, 0.15) is 36.0 Å². The van der Waals surface area contributed by atoms with Crippen molar-refractivity contribution in [1.29, 1.82) is 0 Å². The first kappa shape index (κ1) is 21.0. The third-order valence-electron chi connectivity index (χ3n) is 4.13. The van der Waals surface area contributed by atoms with E-state index >= 15 is 0 Å². The SMILES string of the molecule is C[Si](C)(C)C[Si](C)(C)CCCCCCOc1ccc(C(=O)O)cc1. The summed E-state index contributed by atoms with van der Waals surface area (Å²) < 4.78 is 5.68. The monoisotopic (exact) mass is 366 g/mol. The normalized spacial score (nSPS) is 12.2. The molecule has 0 spiro atoms. The summed E-state index contributed by atoms with van der Waals surface area (Å²) in [5.74, 6) is -0.147. The Balaban J connectivity index is 2.13. The van der Waals surface area contributed by atoms with Gasteiger partial charge in [0, 0.05) is 16.1 Å². The van der Waals surface area contributed by atoms with Gasteiger partial charge in [0.2, 0.25) is 0 Å². The second kappa shape index (κ2) is 9.42. The first-order valence-electron chi connectivity index (χ1n) is 9.05. The number of rotatable bonds is 11. The minimum atomic E-state index is -0.992. The summed E-state index contributed by atoms with van der Waals surface area (Å²) in [6, 6.07) is 8.09. The van der Waals surface area contributed by atoms with Gasteiger partial charge in [0.1, 0.15) is 5.75 Å². The van der Waals surface area contributed by atoms with Crippen molar-refractivity contribution in [2.45, 2.75) is 70.1 Å². The Morgan fingerprint density at radius 1 is 0.958 bits per heavy atom. The Hall–Kier alpha value is -1.08. The molecule has 136 valence electrons. The molecule has 5 heteroatoms. The van der Waals surface area contributed by atoms with Crippen LogP contribution in [0.15, 0.2) is 24.3 Å². The van der Waals surface area contributed by atoms with Crippen LogP contribution in [0.5, 0.6) is 5.75 Å². The average molecular weight is 367 g/mol. The van der Waals surface area contributed by atoms with Gasteiger partial charge in [-0.1, -0.05) is 63.7 Å². The van der Waals surface area contributed by atoms with Crippen molar-refractivity contribution in [3.05, 3.63) is 29.8 Å². The van der Waals surface area contributed by atoms with E-state index in [1.807, 2.05) is 0 Å². The first-order valence-corrected chi connectivity index (χ1v) is 16.2. The molecule has 0 aliphatic carbocycles. The molecule has 0 bridgehead atoms. The molecule has 3 nitrogen and oxygen atoms in total. The average Bonchev–Trinajstić information content (AvgIpc) is 2.44. The van der Waals surface area contributed by atoms with E-state index in [2.05, 4.69) is 32.7 Å². The highest BCUT2D eigenvalue weighted by atomic mass is 28.4. The predicted octanol–water partition coefficient (Wildman–Crippen LogP) is 5.91. The maximum Gasteiger partial charge on any atom is 0.335 e. The number of aromatic carboxylic acids is 1. The van der Waals surface area contributed by atoms with Crippen LogP contribution in [0.25, 0.3) is 0 Å². The summed E-state index contributed by atoms with van der Waals surface area (Å²) in [5.41, 5.74) is 1.84. The third kappa shape index (κ3) is 9.28. The molecule has 1 aromatic carbocycles. The summed E-state index contributed by atoms with van der Waals surface area (Å²) in [7, 11) is -1.91. The Bertz CT molecular complexity index is 504. The number of hydrogen-bond acceptors (Lipinski definition) is 2. The summed E-state index contributed by atoms with van der Waals surface area (Å²) in [5, 5.41) is 8.86. The van der Waals surface area contributed by atoms with Gasteiger partial charge >= 0.3 is 5.97 Å². The van der Waals surface area contributed by atoms with Gasteiger partial charge in [-0.05, 0) is 30.7 Å². The van der Waals surface area contributed by atoms with Gasteiger partial charge in [-0.25, -0.2) is 4.79 Å². The van der Waals surface area contributed by atoms with E-state index in [-0.39, 0.29) is 0 Å². The Labute approximate surface area is 149 Å². The topological polar surface area (TPSA) is 46.5 Å². The van der Waals surface area contributed by atoms with Gasteiger partial charge in [0.15, 0.2) is 0 Å². The number of unbranched alkanes of at least 4 members (excludes halogenated alkanes) is 3. The van der Waals surface area contributed by atoms with E-state index in [1.165, 1.54) is 31.0 Å². The highest BCUT2D eigenvalue weighted by Crippen LogP contribution is 2.25. The molecule has 1 N–H and O–H groups in total. The van der Waals surface area contributed by atoms with Crippen LogP contribution in [0.3, 0.4) is 0 Å². The zero-order valence-electron chi connectivity index (χ0n) is 16.0. The smallest absolute Gasteiger partial charge is 0.335 e. The number of hydrogen-bond donors (Lipinski definition) is 1. The van der Waals surface area contributed by atoms with Crippen LogP contribution in [0.4, 0.5) is 0 Å². The summed E-state index contributed by atoms with van der Waals surface area (Å²) in [4.78, 5) is 10.8. The molecule has 0 fully saturated rings. The van der Waals surface area contributed by atoms with E-state index in [4.69, 9.17) is 9.84 Å². The van der Waals surface area contributed by atoms with Gasteiger partial charge in [-0.2, -0.15) is 0 Å². The molecule has 0 saturated carbocycles. The molecular formula is C19H34O3Si2. The predicted molar refractivity (Wildman–Crippen MR) is 108 cm³/mol. The van der Waals surface area contributed by atoms with Crippen LogP contribution >= 0.6 is 0 Å². The summed E-state index contributed by atoms with van der Waals surface area (Å²) in [6.45, 7) is 13.3. The number of carboxylic acid groups (broad SMARTS) is 1.